The molecule has 1 fully saturated rings. The van der Waals surface area contributed by atoms with Gasteiger partial charge in [0.05, 0.1) is 22.6 Å². The van der Waals surface area contributed by atoms with Crippen LogP contribution in [0.2, 0.25) is 0 Å². The predicted molar refractivity (Wildman–Crippen MR) is 127 cm³/mol. The Morgan fingerprint density at radius 3 is 1.97 bits per heavy atom. The lowest BCUT2D eigenvalue weighted by Crippen LogP contribution is -2.49. The van der Waals surface area contributed by atoms with Crippen molar-refractivity contribution in [3.8, 4) is 0 Å². The minimum absolute atomic E-state index is 0.0679. The van der Waals surface area contributed by atoms with Gasteiger partial charge in [0, 0.05) is 17.8 Å². The van der Waals surface area contributed by atoms with E-state index in [1.54, 1.807) is 6.20 Å². The maximum atomic E-state index is 13.4. The summed E-state index contributed by atoms with van der Waals surface area (Å²) in [5.74, 6) is -1.68. The quantitative estimate of drug-likeness (QED) is 0.352. The van der Waals surface area contributed by atoms with Gasteiger partial charge in [-0.3, -0.25) is 9.78 Å². The number of rotatable bonds is 5. The van der Waals surface area contributed by atoms with Crippen LogP contribution >= 0.6 is 0 Å². The standard InChI is InChI=1S/C28H26F6N2O/c1-18(20-15-22(27(29,30)31)17-23(16-20)28(32,33)34)25(37)36-26(21-7-3-2-4-8-21)12-10-19(11-13-26)24-9-5-6-14-35-24/h2-9,14-19H,10-13H2,1H3,(H,36,37)/t18-,19?,26?/m0/s1. The smallest absolute Gasteiger partial charge is 0.346 e. The minimum atomic E-state index is -4.98. The molecule has 0 spiro atoms. The predicted octanol–water partition coefficient (Wildman–Crippen LogP) is 7.59. The zero-order valence-electron chi connectivity index (χ0n) is 20.0. The van der Waals surface area contributed by atoms with Crippen molar-refractivity contribution in [1.82, 2.24) is 10.3 Å². The first-order chi connectivity index (χ1) is 17.4. The first kappa shape index (κ1) is 26.7. The number of nitrogens with zero attached hydrogens (tertiary/aromatic N) is 1. The molecule has 0 bridgehead atoms. The first-order valence-corrected chi connectivity index (χ1v) is 12.0. The van der Waals surface area contributed by atoms with Gasteiger partial charge in [-0.15, -0.1) is 0 Å². The van der Waals surface area contributed by atoms with E-state index in [1.165, 1.54) is 6.92 Å². The monoisotopic (exact) mass is 520 g/mol. The number of nitrogens with one attached hydrogen (secondary N) is 1. The number of alkyl halides is 6. The van der Waals surface area contributed by atoms with Crippen LogP contribution in [0.3, 0.4) is 0 Å². The molecule has 1 aromatic heterocycles. The lowest BCUT2D eigenvalue weighted by molar-refractivity contribution is -0.143. The highest BCUT2D eigenvalue weighted by atomic mass is 19.4. The average molecular weight is 521 g/mol. The van der Waals surface area contributed by atoms with Crippen LogP contribution in [0.1, 0.15) is 72.4 Å². The summed E-state index contributed by atoms with van der Waals surface area (Å²) in [5.41, 5.74) is -2.23. The summed E-state index contributed by atoms with van der Waals surface area (Å²) >= 11 is 0. The normalized spacial score (nSPS) is 21.3. The fraction of sp³-hybridized carbons (Fsp3) is 0.357. The molecule has 3 nitrogen and oxygen atoms in total. The lowest BCUT2D eigenvalue weighted by Gasteiger charge is -2.42. The molecule has 9 heteroatoms. The fourth-order valence-corrected chi connectivity index (χ4v) is 4.99. The van der Waals surface area contributed by atoms with Crippen molar-refractivity contribution in [2.24, 2.45) is 0 Å². The number of benzene rings is 2. The van der Waals surface area contributed by atoms with Gasteiger partial charge in [0.25, 0.3) is 0 Å². The number of carbonyl (C=O) groups is 1. The third-order valence-electron chi connectivity index (χ3n) is 7.14. The van der Waals surface area contributed by atoms with Gasteiger partial charge in [-0.1, -0.05) is 36.4 Å². The summed E-state index contributed by atoms with van der Waals surface area (Å²) in [6.45, 7) is 1.32. The highest BCUT2D eigenvalue weighted by Gasteiger charge is 2.41. The summed E-state index contributed by atoms with van der Waals surface area (Å²) < 4.78 is 80.2. The molecule has 0 unspecified atom stereocenters. The number of halogens is 6. The molecular formula is C28H26F6N2O. The maximum absolute atomic E-state index is 13.4. The van der Waals surface area contributed by atoms with E-state index >= 15 is 0 Å². The molecule has 1 saturated carbocycles. The maximum Gasteiger partial charge on any atom is 0.416 e. The Kier molecular flexibility index (Phi) is 7.35. The third-order valence-corrected chi connectivity index (χ3v) is 7.14. The Balaban J connectivity index is 1.63. The summed E-state index contributed by atoms with van der Waals surface area (Å²) in [5, 5.41) is 3.01. The molecule has 3 aromatic rings. The molecule has 4 rings (SSSR count). The summed E-state index contributed by atoms with van der Waals surface area (Å²) in [4.78, 5) is 17.8. The molecule has 1 heterocycles. The van der Waals surface area contributed by atoms with Gasteiger partial charge >= 0.3 is 12.4 Å². The molecular weight excluding hydrogens is 494 g/mol. The largest absolute Gasteiger partial charge is 0.416 e. The van der Waals surface area contributed by atoms with E-state index < -0.39 is 40.8 Å². The number of aromatic nitrogens is 1. The zero-order valence-corrected chi connectivity index (χ0v) is 20.0. The topological polar surface area (TPSA) is 42.0 Å². The molecule has 1 aliphatic rings. The highest BCUT2D eigenvalue weighted by Crippen LogP contribution is 2.44. The molecule has 1 atom stereocenters. The van der Waals surface area contributed by atoms with Gasteiger partial charge in [-0.05, 0) is 74.1 Å². The third kappa shape index (κ3) is 5.97. The zero-order chi connectivity index (χ0) is 26.8. The van der Waals surface area contributed by atoms with Gasteiger partial charge < -0.3 is 5.32 Å². The highest BCUT2D eigenvalue weighted by molar-refractivity contribution is 5.84. The SMILES string of the molecule is C[C@H](C(=O)NC1(c2ccccc2)CCC(c2ccccn2)CC1)c1cc(C(F)(F)F)cc(C(F)(F)F)c1. The van der Waals surface area contributed by atoms with Crippen molar-refractivity contribution in [3.05, 3.63) is 101 Å². The van der Waals surface area contributed by atoms with Crippen LogP contribution < -0.4 is 5.32 Å². The molecule has 37 heavy (non-hydrogen) atoms. The Morgan fingerprint density at radius 2 is 1.46 bits per heavy atom. The Bertz CT molecular complexity index is 1180. The molecule has 1 aliphatic carbocycles. The van der Waals surface area contributed by atoms with Gasteiger partial charge in [-0.2, -0.15) is 26.3 Å². The van der Waals surface area contributed by atoms with E-state index in [4.69, 9.17) is 0 Å². The molecule has 2 aromatic carbocycles. The van der Waals surface area contributed by atoms with Crippen LogP contribution in [-0.2, 0) is 22.7 Å². The van der Waals surface area contributed by atoms with Crippen molar-refractivity contribution < 1.29 is 31.1 Å². The number of hydrogen-bond donors (Lipinski definition) is 1. The van der Waals surface area contributed by atoms with Crippen LogP contribution in [0, 0.1) is 0 Å². The second-order valence-corrected chi connectivity index (χ2v) is 9.53. The van der Waals surface area contributed by atoms with Crippen LogP contribution in [0.5, 0.6) is 0 Å². The van der Waals surface area contributed by atoms with Crippen molar-refractivity contribution in [1.29, 1.82) is 0 Å². The first-order valence-electron chi connectivity index (χ1n) is 12.0. The molecule has 1 N–H and O–H groups in total. The van der Waals surface area contributed by atoms with Crippen molar-refractivity contribution in [3.63, 3.8) is 0 Å². The van der Waals surface area contributed by atoms with Gasteiger partial charge in [-0.25, -0.2) is 0 Å². The Hall–Kier alpha value is -3.36. The van der Waals surface area contributed by atoms with E-state index in [-0.39, 0.29) is 17.5 Å². The van der Waals surface area contributed by atoms with Crippen molar-refractivity contribution >= 4 is 5.91 Å². The van der Waals surface area contributed by atoms with Crippen molar-refractivity contribution in [2.45, 2.75) is 62.3 Å². The van der Waals surface area contributed by atoms with E-state index in [2.05, 4.69) is 10.3 Å². The van der Waals surface area contributed by atoms with Crippen LogP contribution in [0.15, 0.2) is 72.9 Å². The molecule has 0 aliphatic heterocycles. The average Bonchev–Trinajstić information content (AvgIpc) is 2.88. The molecule has 0 radical (unpaired) electrons. The molecule has 1 amide bonds. The van der Waals surface area contributed by atoms with Crippen LogP contribution in [-0.4, -0.2) is 10.9 Å². The van der Waals surface area contributed by atoms with E-state index in [1.807, 2.05) is 48.5 Å². The number of pyridine rings is 1. The number of amides is 1. The number of hydrogen-bond acceptors (Lipinski definition) is 2. The fourth-order valence-electron chi connectivity index (χ4n) is 4.99. The Labute approximate surface area is 210 Å². The van der Waals surface area contributed by atoms with E-state index in [9.17, 15) is 31.1 Å². The van der Waals surface area contributed by atoms with E-state index in [0.29, 0.717) is 37.8 Å². The van der Waals surface area contributed by atoms with Gasteiger partial charge in [0.15, 0.2) is 0 Å². The van der Waals surface area contributed by atoms with Crippen molar-refractivity contribution in [2.75, 3.05) is 0 Å². The van der Waals surface area contributed by atoms with Crippen LogP contribution in [0.25, 0.3) is 0 Å². The second kappa shape index (κ2) is 10.2. The Morgan fingerprint density at radius 1 is 0.892 bits per heavy atom. The van der Waals surface area contributed by atoms with Gasteiger partial charge in [0.1, 0.15) is 0 Å². The summed E-state index contributed by atoms with van der Waals surface area (Å²) in [6.07, 6.45) is -5.73. The molecule has 196 valence electrons. The minimum Gasteiger partial charge on any atom is -0.346 e. The van der Waals surface area contributed by atoms with Gasteiger partial charge in [0.2, 0.25) is 5.91 Å². The lowest BCUT2D eigenvalue weighted by atomic mass is 9.71. The summed E-state index contributed by atoms with van der Waals surface area (Å²) in [6, 6.07) is 16.2. The second-order valence-electron chi connectivity index (χ2n) is 9.53. The summed E-state index contributed by atoms with van der Waals surface area (Å²) in [7, 11) is 0. The van der Waals surface area contributed by atoms with Crippen LogP contribution in [0.4, 0.5) is 26.3 Å². The number of carbonyl (C=O) groups excluding carboxylic acids is 1. The molecule has 0 saturated heterocycles. The van der Waals surface area contributed by atoms with E-state index in [0.717, 1.165) is 11.3 Å².